The molecule has 0 saturated carbocycles. The number of carbonyl (C=O) groups is 1. The van der Waals surface area contributed by atoms with E-state index >= 15 is 0 Å². The van der Waals surface area contributed by atoms with E-state index in [1.165, 1.54) is 0 Å². The van der Waals surface area contributed by atoms with Gasteiger partial charge in [-0.2, -0.15) is 0 Å². The third kappa shape index (κ3) is 5.05. The molecular weight excluding hydrogens is 444 g/mol. The molecule has 3 aromatic rings. The Hall–Kier alpha value is -2.66. The van der Waals surface area contributed by atoms with Crippen molar-refractivity contribution in [3.05, 3.63) is 108 Å². The molecule has 1 amide bonds. The maximum Gasteiger partial charge on any atom is 0.237 e. The average molecular weight is 477 g/mol. The van der Waals surface area contributed by atoms with Crippen LogP contribution in [-0.4, -0.2) is 53.1 Å². The van der Waals surface area contributed by atoms with Gasteiger partial charge in [-0.25, -0.2) is 0 Å². The maximum atomic E-state index is 13.9. The van der Waals surface area contributed by atoms with E-state index in [-0.39, 0.29) is 11.9 Å². The second kappa shape index (κ2) is 10.3. The normalized spacial score (nSPS) is 21.2. The Morgan fingerprint density at radius 2 is 1.47 bits per heavy atom. The first kappa shape index (κ1) is 24.5. The number of aliphatic hydroxyl groups is 1. The number of rotatable bonds is 7. The lowest BCUT2D eigenvalue weighted by Gasteiger charge is -2.44. The minimum Gasteiger partial charge on any atom is -0.375 e. The summed E-state index contributed by atoms with van der Waals surface area (Å²) in [5.74, 6) is 0.0621. The molecule has 1 aliphatic rings. The molecule has 0 spiro atoms. The van der Waals surface area contributed by atoms with E-state index in [1.54, 1.807) is 4.90 Å². The predicted octanol–water partition coefficient (Wildman–Crippen LogP) is 5.22. The number of benzene rings is 3. The average Bonchev–Trinajstić information content (AvgIpc) is 2.86. The highest BCUT2D eigenvalue weighted by atomic mass is 35.5. The van der Waals surface area contributed by atoms with Crippen LogP contribution in [0.1, 0.15) is 42.0 Å². The molecule has 1 fully saturated rings. The number of likely N-dealkylation sites (N-methyl/N-ethyl adjacent to an activating group) is 1. The Balaban J connectivity index is 1.74. The van der Waals surface area contributed by atoms with Crippen LogP contribution in [0.2, 0.25) is 0 Å². The third-order valence-corrected chi connectivity index (χ3v) is 7.34. The number of likely N-dealkylation sites (tertiary alicyclic amines) is 1. The lowest BCUT2D eigenvalue weighted by atomic mass is 9.70. The standard InChI is InChI=1S/C29H33ClN2O2/c1-31(2)27(33)29(24-14-8-4-9-15-24,25-16-10-5-11-17-25)19-21-32-20-18-28(30,34)22-26(32)23-12-6-3-7-13-23/h3-17,26,34H,18-22H2,1-2H3. The predicted molar refractivity (Wildman–Crippen MR) is 138 cm³/mol. The molecule has 2 unspecified atom stereocenters. The van der Waals surface area contributed by atoms with Gasteiger partial charge in [0.05, 0.1) is 0 Å². The summed E-state index contributed by atoms with van der Waals surface area (Å²) in [6.45, 7) is 1.35. The van der Waals surface area contributed by atoms with E-state index in [0.717, 1.165) is 16.7 Å². The Morgan fingerprint density at radius 3 is 1.97 bits per heavy atom. The van der Waals surface area contributed by atoms with Gasteiger partial charge in [0.25, 0.3) is 0 Å². The van der Waals surface area contributed by atoms with Crippen molar-refractivity contribution < 1.29 is 9.90 Å². The largest absolute Gasteiger partial charge is 0.375 e. The number of carbonyl (C=O) groups excluding carboxylic acids is 1. The first-order valence-electron chi connectivity index (χ1n) is 11.9. The van der Waals surface area contributed by atoms with E-state index in [9.17, 15) is 9.90 Å². The molecule has 1 N–H and O–H groups in total. The van der Waals surface area contributed by atoms with Crippen LogP contribution in [-0.2, 0) is 10.2 Å². The van der Waals surface area contributed by atoms with Crippen LogP contribution in [0.3, 0.4) is 0 Å². The van der Waals surface area contributed by atoms with Gasteiger partial charge in [-0.1, -0.05) is 103 Å². The van der Waals surface area contributed by atoms with Gasteiger partial charge in [-0.05, 0) is 23.1 Å². The molecule has 0 aliphatic carbocycles. The van der Waals surface area contributed by atoms with E-state index in [2.05, 4.69) is 41.3 Å². The fourth-order valence-corrected chi connectivity index (χ4v) is 5.45. The van der Waals surface area contributed by atoms with Crippen molar-refractivity contribution in [3.8, 4) is 0 Å². The van der Waals surface area contributed by atoms with Crippen LogP contribution in [0, 0.1) is 0 Å². The molecule has 2 atom stereocenters. The summed E-state index contributed by atoms with van der Waals surface area (Å²) in [5, 5.41) is 9.43. The van der Waals surface area contributed by atoms with Crippen molar-refractivity contribution in [1.29, 1.82) is 0 Å². The van der Waals surface area contributed by atoms with Gasteiger partial charge in [0.1, 0.15) is 10.5 Å². The number of nitrogens with zero attached hydrogens (tertiary/aromatic N) is 2. The molecule has 0 aromatic heterocycles. The molecule has 3 aromatic carbocycles. The molecule has 0 radical (unpaired) electrons. The first-order chi connectivity index (χ1) is 16.3. The van der Waals surface area contributed by atoms with Crippen molar-refractivity contribution in [1.82, 2.24) is 9.80 Å². The smallest absolute Gasteiger partial charge is 0.237 e. The van der Waals surface area contributed by atoms with Crippen molar-refractivity contribution >= 4 is 17.5 Å². The van der Waals surface area contributed by atoms with Gasteiger partial charge in [0.15, 0.2) is 0 Å². The number of hydrogen-bond donors (Lipinski definition) is 1. The van der Waals surface area contributed by atoms with Crippen molar-refractivity contribution in [2.75, 3.05) is 27.2 Å². The SMILES string of the molecule is CN(C)C(=O)C(CCN1CCC(O)(Cl)CC1c1ccccc1)(c1ccccc1)c1ccccc1. The number of piperidine rings is 1. The van der Waals surface area contributed by atoms with E-state index < -0.39 is 10.5 Å². The molecule has 1 saturated heterocycles. The molecule has 1 heterocycles. The third-order valence-electron chi connectivity index (χ3n) is 6.99. The summed E-state index contributed by atoms with van der Waals surface area (Å²) >= 11 is 6.42. The molecule has 4 nitrogen and oxygen atoms in total. The Bertz CT molecular complexity index is 1030. The molecule has 178 valence electrons. The maximum absolute atomic E-state index is 13.9. The van der Waals surface area contributed by atoms with Gasteiger partial charge in [0, 0.05) is 46.1 Å². The molecular formula is C29H33ClN2O2. The van der Waals surface area contributed by atoms with Crippen LogP contribution in [0.15, 0.2) is 91.0 Å². The zero-order chi connectivity index (χ0) is 24.2. The summed E-state index contributed by atoms with van der Waals surface area (Å²) in [6.07, 6.45) is 1.55. The highest BCUT2D eigenvalue weighted by Gasteiger charge is 2.44. The highest BCUT2D eigenvalue weighted by Crippen LogP contribution is 2.42. The fraction of sp³-hybridized carbons (Fsp3) is 0.345. The lowest BCUT2D eigenvalue weighted by Crippen LogP contribution is -2.49. The summed E-state index contributed by atoms with van der Waals surface area (Å²) in [6, 6.07) is 30.3. The van der Waals surface area contributed by atoms with Crippen LogP contribution >= 0.6 is 11.6 Å². The highest BCUT2D eigenvalue weighted by molar-refractivity contribution is 6.22. The molecule has 0 bridgehead atoms. The Kier molecular flexibility index (Phi) is 7.42. The quantitative estimate of drug-likeness (QED) is 0.476. The van der Waals surface area contributed by atoms with E-state index in [0.29, 0.717) is 32.4 Å². The first-order valence-corrected chi connectivity index (χ1v) is 12.2. The second-order valence-corrected chi connectivity index (χ2v) is 10.1. The Labute approximate surface area is 207 Å². The van der Waals surface area contributed by atoms with Crippen LogP contribution in [0.25, 0.3) is 0 Å². The van der Waals surface area contributed by atoms with E-state index in [1.807, 2.05) is 68.7 Å². The van der Waals surface area contributed by atoms with Gasteiger partial charge < -0.3 is 10.0 Å². The van der Waals surface area contributed by atoms with E-state index in [4.69, 9.17) is 11.6 Å². The van der Waals surface area contributed by atoms with Crippen molar-refractivity contribution in [2.45, 2.75) is 35.8 Å². The zero-order valence-electron chi connectivity index (χ0n) is 19.9. The molecule has 5 heteroatoms. The number of hydrogen-bond acceptors (Lipinski definition) is 3. The number of alkyl halides is 1. The van der Waals surface area contributed by atoms with Crippen LogP contribution in [0.4, 0.5) is 0 Å². The summed E-state index contributed by atoms with van der Waals surface area (Å²) < 4.78 is 0. The Morgan fingerprint density at radius 1 is 0.971 bits per heavy atom. The number of halogens is 1. The lowest BCUT2D eigenvalue weighted by molar-refractivity contribution is -0.134. The van der Waals surface area contributed by atoms with Crippen molar-refractivity contribution in [3.63, 3.8) is 0 Å². The molecule has 1 aliphatic heterocycles. The minimum absolute atomic E-state index is 0.0174. The van der Waals surface area contributed by atoms with Gasteiger partial charge in [0.2, 0.25) is 5.91 Å². The van der Waals surface area contributed by atoms with Gasteiger partial charge in [-0.3, -0.25) is 9.69 Å². The van der Waals surface area contributed by atoms with Gasteiger partial charge >= 0.3 is 0 Å². The zero-order valence-corrected chi connectivity index (χ0v) is 20.7. The second-order valence-electron chi connectivity index (χ2n) is 9.42. The number of amides is 1. The van der Waals surface area contributed by atoms with Gasteiger partial charge in [-0.15, -0.1) is 0 Å². The molecule has 4 rings (SSSR count). The summed E-state index contributed by atoms with van der Waals surface area (Å²) in [4.78, 5) is 18.0. The summed E-state index contributed by atoms with van der Waals surface area (Å²) in [7, 11) is 3.65. The topological polar surface area (TPSA) is 43.8 Å². The minimum atomic E-state index is -1.22. The van der Waals surface area contributed by atoms with Crippen LogP contribution < -0.4 is 0 Å². The van der Waals surface area contributed by atoms with Crippen LogP contribution in [0.5, 0.6) is 0 Å². The fourth-order valence-electron chi connectivity index (χ4n) is 5.22. The molecule has 34 heavy (non-hydrogen) atoms. The summed E-state index contributed by atoms with van der Waals surface area (Å²) in [5.41, 5.74) is 2.29. The monoisotopic (exact) mass is 476 g/mol. The van der Waals surface area contributed by atoms with Crippen molar-refractivity contribution in [2.24, 2.45) is 0 Å².